The van der Waals surface area contributed by atoms with Gasteiger partial charge in [0.25, 0.3) is 5.91 Å². The lowest BCUT2D eigenvalue weighted by Gasteiger charge is -2.19. The SMILES string of the molecule is Cc1ccc(S(=O)(=O)NCC(=O)Nc2c(C)cccc2C)cc1C(=O)NCC1(c2ccc(Br)cc2Cl)CC1. The largest absolute Gasteiger partial charge is 0.351 e. The van der Waals surface area contributed by atoms with E-state index in [-0.39, 0.29) is 21.8 Å². The zero-order chi connectivity index (χ0) is 27.7. The topological polar surface area (TPSA) is 104 Å². The number of benzene rings is 3. The van der Waals surface area contributed by atoms with E-state index in [0.717, 1.165) is 34.0 Å². The summed E-state index contributed by atoms with van der Waals surface area (Å²) in [7, 11) is -4.04. The van der Waals surface area contributed by atoms with E-state index in [0.29, 0.717) is 22.8 Å². The first-order chi connectivity index (χ1) is 17.9. The Labute approximate surface area is 236 Å². The number of hydrogen-bond acceptors (Lipinski definition) is 4. The minimum Gasteiger partial charge on any atom is -0.351 e. The maximum atomic E-state index is 13.1. The van der Waals surface area contributed by atoms with E-state index in [1.807, 2.05) is 50.2 Å². The van der Waals surface area contributed by atoms with E-state index < -0.39 is 22.5 Å². The molecule has 3 aromatic carbocycles. The van der Waals surface area contributed by atoms with Crippen LogP contribution >= 0.6 is 27.5 Å². The standard InChI is InChI=1S/C28H29BrClN3O4S/c1-17-7-9-21(38(36,37)32-15-25(34)33-26-18(2)5-4-6-19(26)3)14-22(17)27(35)31-16-28(11-12-28)23-10-8-20(29)13-24(23)30/h4-10,13-14,32H,11-12,15-16H2,1-3H3,(H,31,35)(H,33,34). The molecule has 3 aromatic rings. The summed E-state index contributed by atoms with van der Waals surface area (Å²) in [5.74, 6) is -0.857. The van der Waals surface area contributed by atoms with Gasteiger partial charge in [0.15, 0.2) is 0 Å². The van der Waals surface area contributed by atoms with E-state index in [9.17, 15) is 18.0 Å². The molecule has 200 valence electrons. The van der Waals surface area contributed by atoms with Gasteiger partial charge >= 0.3 is 0 Å². The summed E-state index contributed by atoms with van der Waals surface area (Å²) in [5.41, 5.74) is 4.07. The van der Waals surface area contributed by atoms with Crippen molar-refractivity contribution in [2.75, 3.05) is 18.4 Å². The van der Waals surface area contributed by atoms with E-state index in [1.165, 1.54) is 12.1 Å². The first-order valence-electron chi connectivity index (χ1n) is 12.1. The van der Waals surface area contributed by atoms with Crippen LogP contribution in [0.4, 0.5) is 5.69 Å². The van der Waals surface area contributed by atoms with Crippen LogP contribution in [0.5, 0.6) is 0 Å². The average molecular weight is 619 g/mol. The normalized spacial score (nSPS) is 14.1. The molecule has 0 aromatic heterocycles. The third-order valence-electron chi connectivity index (χ3n) is 6.88. The van der Waals surface area contributed by atoms with Gasteiger partial charge in [0.05, 0.1) is 11.4 Å². The maximum absolute atomic E-state index is 13.1. The predicted octanol–water partition coefficient (Wildman–Crippen LogP) is 5.41. The molecule has 2 amide bonds. The molecule has 0 radical (unpaired) electrons. The second kappa shape index (κ2) is 11.2. The molecule has 0 bridgehead atoms. The average Bonchev–Trinajstić information content (AvgIpc) is 3.64. The molecule has 4 rings (SSSR count). The van der Waals surface area contributed by atoms with Crippen LogP contribution in [-0.4, -0.2) is 33.3 Å². The molecule has 0 aliphatic heterocycles. The van der Waals surface area contributed by atoms with Gasteiger partial charge in [-0.25, -0.2) is 13.1 Å². The Bertz CT molecular complexity index is 1500. The molecule has 3 N–H and O–H groups in total. The first kappa shape index (κ1) is 28.3. The number of carbonyl (C=O) groups is 2. The van der Waals surface area contributed by atoms with Gasteiger partial charge in [-0.3, -0.25) is 9.59 Å². The molecule has 0 unspecified atom stereocenters. The number of sulfonamides is 1. The van der Waals surface area contributed by atoms with Gasteiger partial charge in [0.1, 0.15) is 0 Å². The second-order valence-electron chi connectivity index (χ2n) is 9.70. The van der Waals surface area contributed by atoms with Crippen molar-refractivity contribution in [1.82, 2.24) is 10.0 Å². The number of aryl methyl sites for hydroxylation is 3. The van der Waals surface area contributed by atoms with Crippen molar-refractivity contribution in [3.05, 3.63) is 91.9 Å². The Morgan fingerprint density at radius 1 is 0.974 bits per heavy atom. The minimum absolute atomic E-state index is 0.0924. The lowest BCUT2D eigenvalue weighted by atomic mass is 9.95. The van der Waals surface area contributed by atoms with Crippen LogP contribution in [0.1, 0.15) is 45.5 Å². The highest BCUT2D eigenvalue weighted by atomic mass is 79.9. The number of hydrogen-bond donors (Lipinski definition) is 3. The highest BCUT2D eigenvalue weighted by Gasteiger charge is 2.45. The Morgan fingerprint density at radius 3 is 2.29 bits per heavy atom. The molecule has 7 nitrogen and oxygen atoms in total. The molecule has 38 heavy (non-hydrogen) atoms. The molecule has 1 fully saturated rings. The quantitative estimate of drug-likeness (QED) is 0.299. The zero-order valence-corrected chi connectivity index (χ0v) is 24.5. The predicted molar refractivity (Wildman–Crippen MR) is 153 cm³/mol. The minimum atomic E-state index is -4.04. The van der Waals surface area contributed by atoms with Gasteiger partial charge in [-0.1, -0.05) is 57.9 Å². The van der Waals surface area contributed by atoms with Crippen molar-refractivity contribution in [1.29, 1.82) is 0 Å². The molecule has 1 saturated carbocycles. The fourth-order valence-corrected chi connectivity index (χ4v) is 6.29. The monoisotopic (exact) mass is 617 g/mol. The summed E-state index contributed by atoms with van der Waals surface area (Å²) >= 11 is 9.87. The smallest absolute Gasteiger partial charge is 0.251 e. The molecule has 0 saturated heterocycles. The van der Waals surface area contributed by atoms with E-state index in [4.69, 9.17) is 11.6 Å². The fraction of sp³-hybridized carbons (Fsp3) is 0.286. The van der Waals surface area contributed by atoms with Crippen LogP contribution in [-0.2, 0) is 20.2 Å². The van der Waals surface area contributed by atoms with Crippen molar-refractivity contribution in [2.24, 2.45) is 0 Å². The molecular weight excluding hydrogens is 590 g/mol. The Balaban J connectivity index is 1.42. The number of halogens is 2. The molecule has 10 heteroatoms. The summed E-state index contributed by atoms with van der Waals surface area (Å²) in [6.45, 7) is 5.42. The van der Waals surface area contributed by atoms with E-state index in [1.54, 1.807) is 13.0 Å². The van der Waals surface area contributed by atoms with Crippen LogP contribution in [0.15, 0.2) is 64.0 Å². The number of nitrogens with one attached hydrogen (secondary N) is 3. The number of amides is 2. The summed E-state index contributed by atoms with van der Waals surface area (Å²) < 4.78 is 29.1. The third kappa shape index (κ3) is 6.29. The highest BCUT2D eigenvalue weighted by Crippen LogP contribution is 2.50. The van der Waals surface area contributed by atoms with Gasteiger partial charge < -0.3 is 10.6 Å². The van der Waals surface area contributed by atoms with Gasteiger partial charge in [0.2, 0.25) is 15.9 Å². The highest BCUT2D eigenvalue weighted by molar-refractivity contribution is 9.10. The van der Waals surface area contributed by atoms with Crippen LogP contribution < -0.4 is 15.4 Å². The molecule has 1 aliphatic carbocycles. The molecular formula is C28H29BrClN3O4S. The molecule has 0 spiro atoms. The number of anilines is 1. The molecule has 0 heterocycles. The summed E-state index contributed by atoms with van der Waals surface area (Å²) in [6.07, 6.45) is 1.80. The molecule has 0 atom stereocenters. The maximum Gasteiger partial charge on any atom is 0.251 e. The van der Waals surface area contributed by atoms with Crippen molar-refractivity contribution in [3.63, 3.8) is 0 Å². The van der Waals surface area contributed by atoms with Crippen LogP contribution in [0.2, 0.25) is 5.02 Å². The van der Waals surface area contributed by atoms with E-state index in [2.05, 4.69) is 31.3 Å². The van der Waals surface area contributed by atoms with Gasteiger partial charge in [-0.2, -0.15) is 0 Å². The second-order valence-corrected chi connectivity index (χ2v) is 12.8. The van der Waals surface area contributed by atoms with Crippen molar-refractivity contribution in [2.45, 2.75) is 43.9 Å². The number of rotatable bonds is 9. The van der Waals surface area contributed by atoms with Crippen molar-refractivity contribution < 1.29 is 18.0 Å². The summed E-state index contributed by atoms with van der Waals surface area (Å²) in [4.78, 5) is 25.5. The first-order valence-corrected chi connectivity index (χ1v) is 14.8. The molecule has 1 aliphatic rings. The number of carbonyl (C=O) groups excluding carboxylic acids is 2. The number of para-hydroxylation sites is 1. The van der Waals surface area contributed by atoms with Crippen LogP contribution in [0, 0.1) is 20.8 Å². The van der Waals surface area contributed by atoms with Crippen molar-refractivity contribution >= 4 is 55.1 Å². The van der Waals surface area contributed by atoms with Gasteiger partial charge in [-0.05, 0) is 80.1 Å². The lowest BCUT2D eigenvalue weighted by Crippen LogP contribution is -2.34. The lowest BCUT2D eigenvalue weighted by molar-refractivity contribution is -0.115. The summed E-state index contributed by atoms with van der Waals surface area (Å²) in [5, 5.41) is 6.36. The van der Waals surface area contributed by atoms with Crippen LogP contribution in [0.3, 0.4) is 0 Å². The Kier molecular flexibility index (Phi) is 8.32. The third-order valence-corrected chi connectivity index (χ3v) is 9.08. The summed E-state index contributed by atoms with van der Waals surface area (Å²) in [6, 6.07) is 15.7. The van der Waals surface area contributed by atoms with Gasteiger partial charge in [-0.15, -0.1) is 0 Å². The fourth-order valence-electron chi connectivity index (χ4n) is 4.41. The van der Waals surface area contributed by atoms with E-state index >= 15 is 0 Å². The van der Waals surface area contributed by atoms with Gasteiger partial charge in [0, 0.05) is 32.7 Å². The Hall–Kier alpha value is -2.72. The Morgan fingerprint density at radius 2 is 1.66 bits per heavy atom. The van der Waals surface area contributed by atoms with Crippen LogP contribution in [0.25, 0.3) is 0 Å². The zero-order valence-electron chi connectivity index (χ0n) is 21.3. The van der Waals surface area contributed by atoms with Crippen molar-refractivity contribution in [3.8, 4) is 0 Å².